The van der Waals surface area contributed by atoms with Gasteiger partial charge in [-0.3, -0.25) is 10.1 Å². The Morgan fingerprint density at radius 3 is 2.95 bits per heavy atom. The van der Waals surface area contributed by atoms with E-state index in [1.165, 1.54) is 6.07 Å². The maximum absolute atomic E-state index is 13.4. The Morgan fingerprint density at radius 1 is 1.58 bits per heavy atom. The highest BCUT2D eigenvalue weighted by Gasteiger charge is 2.13. The second-order valence-electron chi connectivity index (χ2n) is 3.79. The second kappa shape index (κ2) is 5.30. The van der Waals surface area contributed by atoms with Crippen LogP contribution in [0.1, 0.15) is 5.56 Å². The summed E-state index contributed by atoms with van der Waals surface area (Å²) in [5.41, 5.74) is 0.818. The number of hydrogen-bond donors (Lipinski definition) is 1. The molecule has 19 heavy (non-hydrogen) atoms. The minimum absolute atomic E-state index is 0.436. The molecule has 6 nitrogen and oxygen atoms in total. The first kappa shape index (κ1) is 12.7. The smallest absolute Gasteiger partial charge is 0.304 e. The predicted molar refractivity (Wildman–Crippen MR) is 69.0 cm³/mol. The highest BCUT2D eigenvalue weighted by molar-refractivity contribution is 5.49. The molecular weight excluding hydrogens is 251 g/mol. The Balaban J connectivity index is 2.05. The molecule has 1 heterocycles. The van der Waals surface area contributed by atoms with Gasteiger partial charge in [-0.1, -0.05) is 6.58 Å². The molecule has 98 valence electrons. The van der Waals surface area contributed by atoms with Crippen molar-refractivity contribution in [1.82, 2.24) is 9.78 Å². The van der Waals surface area contributed by atoms with E-state index in [1.54, 1.807) is 23.3 Å². The van der Waals surface area contributed by atoms with Crippen molar-refractivity contribution in [3.8, 4) is 0 Å². The Bertz CT molecular complexity index is 624. The molecule has 0 radical (unpaired) electrons. The monoisotopic (exact) mass is 262 g/mol. The van der Waals surface area contributed by atoms with E-state index in [2.05, 4.69) is 17.0 Å². The zero-order chi connectivity index (χ0) is 13.8. The highest BCUT2D eigenvalue weighted by atomic mass is 19.1. The molecule has 1 N–H and O–H groups in total. The number of hydrogen-bond acceptors (Lipinski definition) is 4. The zero-order valence-electron chi connectivity index (χ0n) is 9.91. The van der Waals surface area contributed by atoms with Gasteiger partial charge in [0.15, 0.2) is 0 Å². The lowest BCUT2D eigenvalue weighted by Gasteiger charge is -2.04. The van der Waals surface area contributed by atoms with Crippen LogP contribution in [0.3, 0.4) is 0 Å². The molecule has 0 aliphatic rings. The summed E-state index contributed by atoms with van der Waals surface area (Å²) in [6, 6.07) is 3.68. The maximum Gasteiger partial charge on any atom is 0.304 e. The zero-order valence-corrected chi connectivity index (χ0v) is 9.91. The van der Waals surface area contributed by atoms with Crippen molar-refractivity contribution >= 4 is 17.6 Å². The number of nitro benzene ring substituents is 1. The van der Waals surface area contributed by atoms with Crippen molar-refractivity contribution in [2.45, 2.75) is 6.54 Å². The summed E-state index contributed by atoms with van der Waals surface area (Å²) in [5, 5.41) is 17.4. The van der Waals surface area contributed by atoms with Crippen molar-refractivity contribution < 1.29 is 9.31 Å². The van der Waals surface area contributed by atoms with E-state index in [9.17, 15) is 14.5 Å². The summed E-state index contributed by atoms with van der Waals surface area (Å²) < 4.78 is 14.9. The molecule has 0 saturated heterocycles. The van der Waals surface area contributed by atoms with E-state index in [1.807, 2.05) is 0 Å². The van der Waals surface area contributed by atoms with Gasteiger partial charge >= 0.3 is 5.69 Å². The largest absolute Gasteiger partial charge is 0.381 e. The van der Waals surface area contributed by atoms with Crippen LogP contribution < -0.4 is 5.32 Å². The van der Waals surface area contributed by atoms with Crippen LogP contribution in [0.25, 0.3) is 6.20 Å². The van der Waals surface area contributed by atoms with Crippen molar-refractivity contribution in [3.63, 3.8) is 0 Å². The summed E-state index contributed by atoms with van der Waals surface area (Å²) >= 11 is 0. The van der Waals surface area contributed by atoms with Gasteiger partial charge in [-0.25, -0.2) is 4.68 Å². The van der Waals surface area contributed by atoms with Crippen LogP contribution in [0.5, 0.6) is 0 Å². The number of rotatable bonds is 5. The summed E-state index contributed by atoms with van der Waals surface area (Å²) in [7, 11) is 0. The van der Waals surface area contributed by atoms with Crippen LogP contribution in [0.15, 0.2) is 37.2 Å². The summed E-state index contributed by atoms with van der Waals surface area (Å²) in [6.07, 6.45) is 4.97. The van der Waals surface area contributed by atoms with Crippen molar-refractivity contribution in [2.24, 2.45) is 0 Å². The Morgan fingerprint density at radius 2 is 2.37 bits per heavy atom. The summed E-state index contributed by atoms with van der Waals surface area (Å²) in [4.78, 5) is 9.72. The third-order valence-electron chi connectivity index (χ3n) is 2.48. The highest BCUT2D eigenvalue weighted by Crippen LogP contribution is 2.21. The number of aromatic nitrogens is 2. The van der Waals surface area contributed by atoms with Gasteiger partial charge in [0.05, 0.1) is 11.1 Å². The van der Waals surface area contributed by atoms with Gasteiger partial charge in [0.25, 0.3) is 0 Å². The molecule has 0 amide bonds. The van der Waals surface area contributed by atoms with Crippen LogP contribution in [-0.4, -0.2) is 14.7 Å². The molecule has 0 aliphatic carbocycles. The van der Waals surface area contributed by atoms with E-state index in [0.717, 1.165) is 17.7 Å². The first-order valence-electron chi connectivity index (χ1n) is 5.43. The molecule has 0 saturated carbocycles. The minimum Gasteiger partial charge on any atom is -0.381 e. The molecule has 0 bridgehead atoms. The molecular formula is C12H11FN4O2. The van der Waals surface area contributed by atoms with Crippen molar-refractivity contribution in [1.29, 1.82) is 0 Å². The Labute approximate surface area is 108 Å². The maximum atomic E-state index is 13.4. The van der Waals surface area contributed by atoms with Gasteiger partial charge in [0.1, 0.15) is 0 Å². The van der Waals surface area contributed by atoms with Crippen LogP contribution in [0.2, 0.25) is 0 Å². The first-order valence-corrected chi connectivity index (χ1v) is 5.43. The van der Waals surface area contributed by atoms with Gasteiger partial charge in [0, 0.05) is 42.3 Å². The van der Waals surface area contributed by atoms with Crippen molar-refractivity contribution in [3.05, 3.63) is 58.7 Å². The molecule has 0 spiro atoms. The van der Waals surface area contributed by atoms with Gasteiger partial charge in [-0.05, 0) is 6.07 Å². The van der Waals surface area contributed by atoms with E-state index in [4.69, 9.17) is 0 Å². The third-order valence-corrected chi connectivity index (χ3v) is 2.48. The minimum atomic E-state index is -0.864. The average Bonchev–Trinajstić information content (AvgIpc) is 2.84. The fourth-order valence-corrected chi connectivity index (χ4v) is 1.54. The van der Waals surface area contributed by atoms with Gasteiger partial charge < -0.3 is 5.32 Å². The lowest BCUT2D eigenvalue weighted by molar-refractivity contribution is -0.387. The summed E-state index contributed by atoms with van der Waals surface area (Å²) in [5.74, 6) is -0.864. The van der Waals surface area contributed by atoms with Gasteiger partial charge in [-0.2, -0.15) is 9.49 Å². The SMILES string of the molecule is C=Cn1cc(CNc2ccc([N+](=O)[O-])c(F)c2)cn1. The quantitative estimate of drug-likeness (QED) is 0.664. The number of anilines is 1. The number of nitrogens with one attached hydrogen (secondary N) is 1. The molecule has 2 aromatic rings. The topological polar surface area (TPSA) is 73.0 Å². The van der Waals surface area contributed by atoms with Crippen LogP contribution >= 0.6 is 0 Å². The lowest BCUT2D eigenvalue weighted by Crippen LogP contribution is -2.00. The van der Waals surface area contributed by atoms with Gasteiger partial charge in [0.2, 0.25) is 5.82 Å². The molecule has 7 heteroatoms. The van der Waals surface area contributed by atoms with Crippen LogP contribution in [0.4, 0.5) is 15.8 Å². The van der Waals surface area contributed by atoms with E-state index < -0.39 is 16.4 Å². The average molecular weight is 262 g/mol. The Kier molecular flexibility index (Phi) is 3.56. The second-order valence-corrected chi connectivity index (χ2v) is 3.79. The van der Waals surface area contributed by atoms with Crippen molar-refractivity contribution in [2.75, 3.05) is 5.32 Å². The predicted octanol–water partition coefficient (Wildman–Crippen LogP) is 2.64. The molecule has 1 aromatic heterocycles. The van der Waals surface area contributed by atoms with Crippen LogP contribution in [-0.2, 0) is 6.54 Å². The van der Waals surface area contributed by atoms with Gasteiger partial charge in [-0.15, -0.1) is 0 Å². The fourth-order valence-electron chi connectivity index (χ4n) is 1.54. The standard InChI is InChI=1S/C12H11FN4O2/c1-2-16-8-9(7-15-16)6-14-10-3-4-12(17(18)19)11(13)5-10/h2-5,7-8,14H,1,6H2. The normalized spacial score (nSPS) is 10.2. The molecule has 1 aromatic carbocycles. The summed E-state index contributed by atoms with van der Waals surface area (Å²) in [6.45, 7) is 4.00. The van der Waals surface area contributed by atoms with Crippen LogP contribution in [0, 0.1) is 15.9 Å². The molecule has 0 aliphatic heterocycles. The number of nitro groups is 1. The number of nitrogens with zero attached hydrogens (tertiary/aromatic N) is 3. The fraction of sp³-hybridized carbons (Fsp3) is 0.0833. The Hall–Kier alpha value is -2.70. The van der Waals surface area contributed by atoms with E-state index >= 15 is 0 Å². The molecule has 0 fully saturated rings. The third kappa shape index (κ3) is 2.95. The number of halogens is 1. The molecule has 2 rings (SSSR count). The molecule has 0 atom stereocenters. The first-order chi connectivity index (χ1) is 9.10. The molecule has 0 unspecified atom stereocenters. The lowest BCUT2D eigenvalue weighted by atomic mass is 10.2. The van der Waals surface area contributed by atoms with E-state index in [0.29, 0.717) is 12.2 Å². The van der Waals surface area contributed by atoms with E-state index in [-0.39, 0.29) is 0 Å². The number of benzene rings is 1.